The van der Waals surface area contributed by atoms with Crippen LogP contribution in [0.3, 0.4) is 0 Å². The summed E-state index contributed by atoms with van der Waals surface area (Å²) >= 11 is 0. The maximum atomic E-state index is 12.5. The summed E-state index contributed by atoms with van der Waals surface area (Å²) in [6.45, 7) is 0.872. The van der Waals surface area contributed by atoms with E-state index in [2.05, 4.69) is 0 Å². The third kappa shape index (κ3) is 4.86. The summed E-state index contributed by atoms with van der Waals surface area (Å²) in [5, 5.41) is 1.54. The maximum Gasteiger partial charge on any atom is 0.463 e. The van der Waals surface area contributed by atoms with Crippen molar-refractivity contribution in [3.05, 3.63) is 0 Å². The van der Waals surface area contributed by atoms with Crippen molar-refractivity contribution in [3.63, 3.8) is 0 Å². The van der Waals surface area contributed by atoms with Crippen LogP contribution in [0.2, 0.25) is 0 Å². The van der Waals surface area contributed by atoms with Crippen molar-refractivity contribution >= 4 is 5.91 Å². The second-order valence-electron chi connectivity index (χ2n) is 4.39. The van der Waals surface area contributed by atoms with E-state index < -0.39 is 18.0 Å². The molecule has 0 aromatic carbocycles. The molecule has 20 heavy (non-hydrogen) atoms. The van der Waals surface area contributed by atoms with Gasteiger partial charge in [-0.1, -0.05) is 0 Å². The summed E-state index contributed by atoms with van der Waals surface area (Å²) in [6, 6.07) is 0. The quantitative estimate of drug-likeness (QED) is 0.577. The Morgan fingerprint density at radius 2 is 2.00 bits per heavy atom. The van der Waals surface area contributed by atoms with Gasteiger partial charge in [0.2, 0.25) is 0 Å². The van der Waals surface area contributed by atoms with E-state index in [0.717, 1.165) is 12.8 Å². The first-order valence-corrected chi connectivity index (χ1v) is 6.17. The van der Waals surface area contributed by atoms with Gasteiger partial charge in [0.25, 0.3) is 5.91 Å². The lowest BCUT2D eigenvalue weighted by atomic mass is 10.2. The van der Waals surface area contributed by atoms with E-state index in [0.29, 0.717) is 13.2 Å². The fourth-order valence-corrected chi connectivity index (χ4v) is 1.61. The van der Waals surface area contributed by atoms with E-state index in [1.54, 1.807) is 0 Å². The highest BCUT2D eigenvalue weighted by Gasteiger charge is 2.63. The van der Waals surface area contributed by atoms with Gasteiger partial charge in [0.1, 0.15) is 0 Å². The third-order valence-corrected chi connectivity index (χ3v) is 2.72. The SMILES string of the molecule is O=C(NCCCOCC1CCCO1)C(F)(F)C(F)(F)F. The summed E-state index contributed by atoms with van der Waals surface area (Å²) in [5.74, 6) is -7.71. The smallest absolute Gasteiger partial charge is 0.379 e. The van der Waals surface area contributed by atoms with E-state index in [1.807, 2.05) is 0 Å². The van der Waals surface area contributed by atoms with Crippen molar-refractivity contribution in [2.24, 2.45) is 0 Å². The number of hydrogen-bond acceptors (Lipinski definition) is 3. The van der Waals surface area contributed by atoms with Gasteiger partial charge in [0.05, 0.1) is 12.7 Å². The second kappa shape index (κ2) is 7.16. The molecule has 1 amide bonds. The van der Waals surface area contributed by atoms with Gasteiger partial charge in [-0.2, -0.15) is 22.0 Å². The third-order valence-electron chi connectivity index (χ3n) is 2.72. The van der Waals surface area contributed by atoms with Crippen LogP contribution in [-0.2, 0) is 14.3 Å². The summed E-state index contributed by atoms with van der Waals surface area (Å²) in [6.07, 6.45) is -3.88. The molecule has 0 aliphatic carbocycles. The normalized spacial score (nSPS) is 20.1. The molecule has 1 saturated heterocycles. The Hall–Kier alpha value is -0.960. The lowest BCUT2D eigenvalue weighted by molar-refractivity contribution is -0.269. The first-order valence-electron chi connectivity index (χ1n) is 6.17. The van der Waals surface area contributed by atoms with Crippen LogP contribution < -0.4 is 5.32 Å². The van der Waals surface area contributed by atoms with Gasteiger partial charge >= 0.3 is 12.1 Å². The topological polar surface area (TPSA) is 47.6 Å². The van der Waals surface area contributed by atoms with Crippen molar-refractivity contribution in [2.45, 2.75) is 37.5 Å². The van der Waals surface area contributed by atoms with Crippen LogP contribution in [0.1, 0.15) is 19.3 Å². The van der Waals surface area contributed by atoms with Gasteiger partial charge in [0.15, 0.2) is 0 Å². The van der Waals surface area contributed by atoms with Gasteiger partial charge in [-0.05, 0) is 19.3 Å². The molecule has 4 nitrogen and oxygen atoms in total. The number of ether oxygens (including phenoxy) is 2. The lowest BCUT2D eigenvalue weighted by Crippen LogP contribution is -2.50. The molecule has 0 radical (unpaired) electrons. The number of hydrogen-bond donors (Lipinski definition) is 1. The molecule has 1 heterocycles. The summed E-state index contributed by atoms with van der Waals surface area (Å²) in [4.78, 5) is 10.7. The predicted octanol–water partition coefficient (Wildman–Crippen LogP) is 1.89. The van der Waals surface area contributed by atoms with Gasteiger partial charge in [-0.15, -0.1) is 0 Å². The molecule has 0 bridgehead atoms. The molecule has 0 aromatic rings. The van der Waals surface area contributed by atoms with Crippen molar-refractivity contribution < 1.29 is 36.2 Å². The Morgan fingerprint density at radius 1 is 1.30 bits per heavy atom. The van der Waals surface area contributed by atoms with Crippen LogP contribution in [0.15, 0.2) is 0 Å². The van der Waals surface area contributed by atoms with Crippen molar-refractivity contribution in [1.29, 1.82) is 0 Å². The van der Waals surface area contributed by atoms with E-state index >= 15 is 0 Å². The van der Waals surface area contributed by atoms with Crippen LogP contribution >= 0.6 is 0 Å². The molecular weight excluding hydrogens is 289 g/mol. The Labute approximate surface area is 112 Å². The molecule has 1 aliphatic rings. The second-order valence-corrected chi connectivity index (χ2v) is 4.39. The van der Waals surface area contributed by atoms with Gasteiger partial charge in [-0.25, -0.2) is 0 Å². The zero-order valence-corrected chi connectivity index (χ0v) is 10.6. The molecule has 1 fully saturated rings. The van der Waals surface area contributed by atoms with Gasteiger partial charge in [0, 0.05) is 19.8 Å². The maximum absolute atomic E-state index is 12.5. The molecule has 1 aliphatic heterocycles. The average Bonchev–Trinajstić information content (AvgIpc) is 2.84. The fourth-order valence-electron chi connectivity index (χ4n) is 1.61. The summed E-state index contributed by atoms with van der Waals surface area (Å²) < 4.78 is 71.0. The highest BCUT2D eigenvalue weighted by molar-refractivity contribution is 5.84. The van der Waals surface area contributed by atoms with Crippen molar-refractivity contribution in [1.82, 2.24) is 5.32 Å². The predicted molar refractivity (Wildman–Crippen MR) is 58.4 cm³/mol. The number of amides is 1. The molecule has 0 saturated carbocycles. The molecular formula is C11H16F5NO3. The minimum atomic E-state index is -5.88. The summed E-state index contributed by atoms with van der Waals surface area (Å²) in [7, 11) is 0. The largest absolute Gasteiger partial charge is 0.463 e. The Balaban J connectivity index is 2.10. The zero-order valence-electron chi connectivity index (χ0n) is 10.6. The average molecular weight is 305 g/mol. The van der Waals surface area contributed by atoms with Gasteiger partial charge < -0.3 is 14.8 Å². The van der Waals surface area contributed by atoms with Crippen LogP contribution in [0, 0.1) is 0 Å². The molecule has 1 atom stereocenters. The first-order chi connectivity index (χ1) is 9.25. The van der Waals surface area contributed by atoms with Crippen LogP contribution in [0.5, 0.6) is 0 Å². The van der Waals surface area contributed by atoms with E-state index in [1.165, 1.54) is 5.32 Å². The minimum absolute atomic E-state index is 0.0131. The standard InChI is InChI=1S/C11H16F5NO3/c12-10(13,11(14,15)16)9(18)17-4-2-5-19-7-8-3-1-6-20-8/h8H,1-7H2,(H,17,18). The number of carbonyl (C=O) groups excluding carboxylic acids is 1. The molecule has 1 unspecified atom stereocenters. The van der Waals surface area contributed by atoms with Crippen molar-refractivity contribution in [2.75, 3.05) is 26.4 Å². The fraction of sp³-hybridized carbons (Fsp3) is 0.909. The molecule has 0 aromatic heterocycles. The highest BCUT2D eigenvalue weighted by Crippen LogP contribution is 2.35. The van der Waals surface area contributed by atoms with Crippen molar-refractivity contribution in [3.8, 4) is 0 Å². The van der Waals surface area contributed by atoms with Crippen LogP contribution in [0.25, 0.3) is 0 Å². The highest BCUT2D eigenvalue weighted by atomic mass is 19.4. The number of rotatable bonds is 7. The number of alkyl halides is 5. The summed E-state index contributed by atoms with van der Waals surface area (Å²) in [5.41, 5.74) is 0. The first kappa shape index (κ1) is 17.1. The molecule has 1 N–H and O–H groups in total. The Morgan fingerprint density at radius 3 is 2.55 bits per heavy atom. The monoisotopic (exact) mass is 305 g/mol. The molecule has 118 valence electrons. The van der Waals surface area contributed by atoms with E-state index in [9.17, 15) is 26.7 Å². The van der Waals surface area contributed by atoms with E-state index in [4.69, 9.17) is 9.47 Å². The van der Waals surface area contributed by atoms with Crippen LogP contribution in [-0.4, -0.2) is 50.5 Å². The Bertz CT molecular complexity index is 316. The molecule has 9 heteroatoms. The number of carbonyl (C=O) groups is 1. The number of halogens is 5. The van der Waals surface area contributed by atoms with E-state index in [-0.39, 0.29) is 25.7 Å². The zero-order chi connectivity index (χ0) is 15.2. The molecule has 1 rings (SSSR count). The minimum Gasteiger partial charge on any atom is -0.379 e. The molecule has 0 spiro atoms. The van der Waals surface area contributed by atoms with Gasteiger partial charge in [-0.3, -0.25) is 4.79 Å². The number of nitrogens with one attached hydrogen (secondary N) is 1. The van der Waals surface area contributed by atoms with Crippen LogP contribution in [0.4, 0.5) is 22.0 Å². The lowest BCUT2D eigenvalue weighted by Gasteiger charge is -2.18. The Kier molecular flexibility index (Phi) is 6.12.